The number of nitrogens with zero attached hydrogens (tertiary/aromatic N) is 2. The molecule has 1 aromatic heterocycles. The monoisotopic (exact) mass is 258 g/mol. The van der Waals surface area contributed by atoms with Crippen LogP contribution in [0.1, 0.15) is 30.1 Å². The zero-order valence-electron chi connectivity index (χ0n) is 10.2. The highest BCUT2D eigenvalue weighted by molar-refractivity contribution is 7.17. The molecule has 17 heavy (non-hydrogen) atoms. The van der Waals surface area contributed by atoms with Crippen molar-refractivity contribution in [3.63, 3.8) is 0 Å². The molecule has 1 aromatic rings. The van der Waals surface area contributed by atoms with Gasteiger partial charge in [-0.1, -0.05) is 11.3 Å². The summed E-state index contributed by atoms with van der Waals surface area (Å²) in [5.74, 6) is -0.178. The number of hydrogen-bond donors (Lipinski definition) is 2. The van der Waals surface area contributed by atoms with Crippen LogP contribution in [0.25, 0.3) is 0 Å². The van der Waals surface area contributed by atoms with Crippen molar-refractivity contribution >= 4 is 22.4 Å². The molecular weight excluding hydrogens is 240 g/mol. The van der Waals surface area contributed by atoms with Crippen molar-refractivity contribution < 1.29 is 9.53 Å². The third-order valence-corrected chi connectivity index (χ3v) is 2.78. The van der Waals surface area contributed by atoms with E-state index in [-0.39, 0.29) is 5.91 Å². The molecule has 7 heteroatoms. The Morgan fingerprint density at radius 2 is 2.24 bits per heavy atom. The molecule has 0 radical (unpaired) electrons. The second-order valence-electron chi connectivity index (χ2n) is 3.25. The Hall–Kier alpha value is -1.21. The van der Waals surface area contributed by atoms with Crippen LogP contribution in [-0.2, 0) is 4.74 Å². The van der Waals surface area contributed by atoms with Crippen LogP contribution < -0.4 is 10.6 Å². The molecule has 2 N–H and O–H groups in total. The molecule has 0 spiro atoms. The van der Waals surface area contributed by atoms with Gasteiger partial charge in [-0.3, -0.25) is 4.79 Å². The van der Waals surface area contributed by atoms with E-state index in [4.69, 9.17) is 4.74 Å². The topological polar surface area (TPSA) is 76.1 Å². The van der Waals surface area contributed by atoms with Crippen LogP contribution in [0.15, 0.2) is 0 Å². The Balaban J connectivity index is 2.26. The lowest BCUT2D eigenvalue weighted by Crippen LogP contribution is -2.25. The molecule has 0 aliphatic rings. The van der Waals surface area contributed by atoms with E-state index < -0.39 is 0 Å². The van der Waals surface area contributed by atoms with Crippen molar-refractivity contribution in [3.05, 3.63) is 5.01 Å². The molecule has 6 nitrogen and oxygen atoms in total. The zero-order valence-corrected chi connectivity index (χ0v) is 11.0. The number of carbonyl (C=O) groups is 1. The molecule has 96 valence electrons. The van der Waals surface area contributed by atoms with Crippen molar-refractivity contribution in [2.45, 2.75) is 20.3 Å². The molecule has 0 fully saturated rings. The summed E-state index contributed by atoms with van der Waals surface area (Å²) in [7, 11) is 0. The molecular formula is C10H18N4O2S. The smallest absolute Gasteiger partial charge is 0.282 e. The number of hydrogen-bond acceptors (Lipinski definition) is 6. The standard InChI is InChI=1S/C10H18N4O2S/c1-3-11-10-14-13-9(17-10)8(15)12-6-5-7-16-4-2/h3-7H2,1-2H3,(H,11,14)(H,12,15). The Bertz CT molecular complexity index is 343. The van der Waals surface area contributed by atoms with Gasteiger partial charge in [0.25, 0.3) is 5.91 Å². The third kappa shape index (κ3) is 5.10. The highest BCUT2D eigenvalue weighted by Crippen LogP contribution is 2.14. The molecule has 0 saturated carbocycles. The number of carbonyl (C=O) groups excluding carboxylic acids is 1. The molecule has 0 aromatic carbocycles. The van der Waals surface area contributed by atoms with E-state index in [1.807, 2.05) is 13.8 Å². The number of ether oxygens (including phenoxy) is 1. The van der Waals surface area contributed by atoms with Crippen LogP contribution >= 0.6 is 11.3 Å². The molecule has 0 unspecified atom stereocenters. The van der Waals surface area contributed by atoms with E-state index in [0.717, 1.165) is 13.0 Å². The van der Waals surface area contributed by atoms with Crippen LogP contribution in [-0.4, -0.2) is 42.4 Å². The fraction of sp³-hybridized carbons (Fsp3) is 0.700. The summed E-state index contributed by atoms with van der Waals surface area (Å²) in [5, 5.41) is 14.5. The molecule has 1 amide bonds. The number of aromatic nitrogens is 2. The Kier molecular flexibility index (Phi) is 6.49. The van der Waals surface area contributed by atoms with Crippen molar-refractivity contribution in [2.24, 2.45) is 0 Å². The highest BCUT2D eigenvalue weighted by Gasteiger charge is 2.11. The molecule has 1 heterocycles. The second kappa shape index (κ2) is 7.97. The summed E-state index contributed by atoms with van der Waals surface area (Å²) >= 11 is 1.26. The minimum atomic E-state index is -0.178. The van der Waals surface area contributed by atoms with Gasteiger partial charge in [0.2, 0.25) is 10.1 Å². The van der Waals surface area contributed by atoms with Gasteiger partial charge in [0.1, 0.15) is 0 Å². The van der Waals surface area contributed by atoms with E-state index in [1.54, 1.807) is 0 Å². The van der Waals surface area contributed by atoms with E-state index in [2.05, 4.69) is 20.8 Å². The number of amides is 1. The van der Waals surface area contributed by atoms with E-state index >= 15 is 0 Å². The maximum atomic E-state index is 11.6. The first kappa shape index (κ1) is 13.9. The minimum Gasteiger partial charge on any atom is -0.382 e. The summed E-state index contributed by atoms with van der Waals surface area (Å²) in [6.45, 7) is 6.64. The zero-order chi connectivity index (χ0) is 12.5. The largest absolute Gasteiger partial charge is 0.382 e. The second-order valence-corrected chi connectivity index (χ2v) is 4.23. The van der Waals surface area contributed by atoms with E-state index in [9.17, 15) is 4.79 Å². The van der Waals surface area contributed by atoms with Crippen LogP contribution in [0.2, 0.25) is 0 Å². The van der Waals surface area contributed by atoms with Crippen molar-refractivity contribution in [3.8, 4) is 0 Å². The van der Waals surface area contributed by atoms with Gasteiger partial charge in [0, 0.05) is 26.3 Å². The van der Waals surface area contributed by atoms with Crippen molar-refractivity contribution in [2.75, 3.05) is 31.6 Å². The number of anilines is 1. The number of nitrogens with one attached hydrogen (secondary N) is 2. The molecule has 0 aliphatic carbocycles. The first-order valence-electron chi connectivity index (χ1n) is 5.71. The van der Waals surface area contributed by atoms with E-state index in [1.165, 1.54) is 11.3 Å². The molecule has 0 atom stereocenters. The lowest BCUT2D eigenvalue weighted by Gasteiger charge is -2.02. The first-order valence-corrected chi connectivity index (χ1v) is 6.52. The minimum absolute atomic E-state index is 0.178. The summed E-state index contributed by atoms with van der Waals surface area (Å²) < 4.78 is 5.17. The Morgan fingerprint density at radius 1 is 1.41 bits per heavy atom. The van der Waals surface area contributed by atoms with Gasteiger partial charge in [-0.2, -0.15) is 0 Å². The lowest BCUT2D eigenvalue weighted by molar-refractivity contribution is 0.0943. The normalized spacial score (nSPS) is 10.2. The molecule has 1 rings (SSSR count). The van der Waals surface area contributed by atoms with Crippen molar-refractivity contribution in [1.29, 1.82) is 0 Å². The summed E-state index contributed by atoms with van der Waals surface area (Å²) in [6, 6.07) is 0. The summed E-state index contributed by atoms with van der Waals surface area (Å²) in [5.41, 5.74) is 0. The maximum absolute atomic E-state index is 11.6. The maximum Gasteiger partial charge on any atom is 0.282 e. The SMILES string of the molecule is CCNc1nnc(C(=O)NCCCOCC)s1. The first-order chi connectivity index (χ1) is 8.27. The van der Waals surface area contributed by atoms with Crippen LogP contribution in [0.5, 0.6) is 0 Å². The average Bonchev–Trinajstić information content (AvgIpc) is 2.78. The summed E-state index contributed by atoms with van der Waals surface area (Å²) in [6.07, 6.45) is 0.804. The predicted octanol–water partition coefficient (Wildman–Crippen LogP) is 1.13. The van der Waals surface area contributed by atoms with E-state index in [0.29, 0.717) is 29.9 Å². The highest BCUT2D eigenvalue weighted by atomic mass is 32.1. The Labute approximate surface area is 105 Å². The van der Waals surface area contributed by atoms with Gasteiger partial charge in [-0.05, 0) is 20.3 Å². The van der Waals surface area contributed by atoms with Crippen molar-refractivity contribution in [1.82, 2.24) is 15.5 Å². The number of rotatable bonds is 8. The van der Waals surface area contributed by atoms with Gasteiger partial charge in [0.05, 0.1) is 0 Å². The predicted molar refractivity (Wildman–Crippen MR) is 67.5 cm³/mol. The summed E-state index contributed by atoms with van der Waals surface area (Å²) in [4.78, 5) is 11.6. The molecule has 0 saturated heterocycles. The van der Waals surface area contributed by atoms with Crippen LogP contribution in [0.4, 0.5) is 5.13 Å². The van der Waals surface area contributed by atoms with Gasteiger partial charge in [-0.15, -0.1) is 10.2 Å². The van der Waals surface area contributed by atoms with Crippen LogP contribution in [0.3, 0.4) is 0 Å². The average molecular weight is 258 g/mol. The van der Waals surface area contributed by atoms with Gasteiger partial charge in [0.15, 0.2) is 0 Å². The van der Waals surface area contributed by atoms with Crippen LogP contribution in [0, 0.1) is 0 Å². The van der Waals surface area contributed by atoms with Gasteiger partial charge < -0.3 is 15.4 Å². The quantitative estimate of drug-likeness (QED) is 0.683. The third-order valence-electron chi connectivity index (χ3n) is 1.90. The lowest BCUT2D eigenvalue weighted by atomic mass is 10.4. The fourth-order valence-electron chi connectivity index (χ4n) is 1.13. The molecule has 0 bridgehead atoms. The fourth-order valence-corrected chi connectivity index (χ4v) is 1.86. The molecule has 0 aliphatic heterocycles. The van der Waals surface area contributed by atoms with Gasteiger partial charge in [-0.25, -0.2) is 0 Å². The van der Waals surface area contributed by atoms with Gasteiger partial charge >= 0.3 is 0 Å². The Morgan fingerprint density at radius 3 is 2.94 bits per heavy atom.